The molecule has 0 amide bonds. The molecule has 6 nitrogen and oxygen atoms in total. The molecule has 0 saturated heterocycles. The van der Waals surface area contributed by atoms with Gasteiger partial charge in [0.25, 0.3) is 0 Å². The van der Waals surface area contributed by atoms with E-state index in [0.29, 0.717) is 12.2 Å². The summed E-state index contributed by atoms with van der Waals surface area (Å²) in [6, 6.07) is 11.5. The molecule has 0 aliphatic heterocycles. The van der Waals surface area contributed by atoms with Gasteiger partial charge in [-0.2, -0.15) is 0 Å². The topological polar surface area (TPSA) is 61.4 Å². The quantitative estimate of drug-likeness (QED) is 0.581. The van der Waals surface area contributed by atoms with Gasteiger partial charge in [-0.15, -0.1) is 5.10 Å². The molecule has 1 aromatic carbocycles. The van der Waals surface area contributed by atoms with Gasteiger partial charge < -0.3 is 4.74 Å². The summed E-state index contributed by atoms with van der Waals surface area (Å²) in [7, 11) is 1.63. The summed E-state index contributed by atoms with van der Waals surface area (Å²) in [4.78, 5) is 16.9. The normalized spacial score (nSPS) is 11.2. The molecule has 0 N–H and O–H groups in total. The minimum atomic E-state index is -0.152. The van der Waals surface area contributed by atoms with E-state index in [-0.39, 0.29) is 5.69 Å². The van der Waals surface area contributed by atoms with Crippen LogP contribution in [0, 0.1) is 6.92 Å². The SMILES string of the molecule is COc1ccc2c(c1)cc(C)c1nn(Cc3ccncc3)c(=O)n12. The zero-order valence-corrected chi connectivity index (χ0v) is 13.4. The number of fused-ring (bicyclic) bond motifs is 3. The molecule has 0 spiro atoms. The van der Waals surface area contributed by atoms with Gasteiger partial charge in [-0.3, -0.25) is 4.98 Å². The van der Waals surface area contributed by atoms with Crippen molar-refractivity contribution < 1.29 is 4.74 Å². The summed E-state index contributed by atoms with van der Waals surface area (Å²) < 4.78 is 8.42. The first-order valence-electron chi connectivity index (χ1n) is 7.63. The van der Waals surface area contributed by atoms with E-state index in [0.717, 1.165) is 27.8 Å². The first kappa shape index (κ1) is 14.4. The van der Waals surface area contributed by atoms with Crippen molar-refractivity contribution in [1.82, 2.24) is 19.2 Å². The Labute approximate surface area is 137 Å². The standard InChI is InChI=1S/C18H16N4O2/c1-12-9-14-10-15(24-2)3-4-16(14)22-17(12)20-21(18(22)23)11-13-5-7-19-8-6-13/h3-10H,11H2,1-2H3. The third kappa shape index (κ3) is 2.23. The van der Waals surface area contributed by atoms with Crippen molar-refractivity contribution in [2.24, 2.45) is 0 Å². The predicted octanol–water partition coefficient (Wildman–Crippen LogP) is 2.41. The van der Waals surface area contributed by atoms with Gasteiger partial charge in [0.2, 0.25) is 0 Å². The molecule has 0 bridgehead atoms. The van der Waals surface area contributed by atoms with E-state index < -0.39 is 0 Å². The van der Waals surface area contributed by atoms with Crippen molar-refractivity contribution in [2.45, 2.75) is 13.5 Å². The lowest BCUT2D eigenvalue weighted by Gasteiger charge is -2.05. The average Bonchev–Trinajstić information content (AvgIpc) is 2.93. The number of hydrogen-bond donors (Lipinski definition) is 0. The van der Waals surface area contributed by atoms with E-state index in [4.69, 9.17) is 4.74 Å². The minimum absolute atomic E-state index is 0.152. The molecule has 0 aliphatic carbocycles. The van der Waals surface area contributed by atoms with Crippen molar-refractivity contribution in [3.05, 3.63) is 70.4 Å². The number of rotatable bonds is 3. The highest BCUT2D eigenvalue weighted by Crippen LogP contribution is 2.23. The van der Waals surface area contributed by atoms with Crippen molar-refractivity contribution >= 4 is 16.6 Å². The molecule has 24 heavy (non-hydrogen) atoms. The van der Waals surface area contributed by atoms with Crippen LogP contribution < -0.4 is 10.4 Å². The Morgan fingerprint density at radius 3 is 2.67 bits per heavy atom. The highest BCUT2D eigenvalue weighted by atomic mass is 16.5. The highest BCUT2D eigenvalue weighted by Gasteiger charge is 2.13. The van der Waals surface area contributed by atoms with Gasteiger partial charge in [-0.05, 0) is 54.4 Å². The Morgan fingerprint density at radius 2 is 1.92 bits per heavy atom. The van der Waals surface area contributed by atoms with E-state index in [2.05, 4.69) is 10.1 Å². The average molecular weight is 320 g/mol. The molecule has 4 rings (SSSR count). The van der Waals surface area contributed by atoms with E-state index in [1.54, 1.807) is 23.9 Å². The van der Waals surface area contributed by atoms with Crippen LogP contribution in [0.1, 0.15) is 11.1 Å². The van der Waals surface area contributed by atoms with Crippen molar-refractivity contribution in [2.75, 3.05) is 7.11 Å². The maximum atomic E-state index is 12.9. The maximum absolute atomic E-state index is 12.9. The zero-order chi connectivity index (χ0) is 16.7. The summed E-state index contributed by atoms with van der Waals surface area (Å²) >= 11 is 0. The van der Waals surface area contributed by atoms with Crippen LogP contribution >= 0.6 is 0 Å². The molecular formula is C18H16N4O2. The number of aromatic nitrogens is 4. The van der Waals surface area contributed by atoms with Gasteiger partial charge in [0, 0.05) is 17.8 Å². The largest absolute Gasteiger partial charge is 0.497 e. The van der Waals surface area contributed by atoms with Gasteiger partial charge in [0.05, 0.1) is 19.2 Å². The van der Waals surface area contributed by atoms with Gasteiger partial charge in [0.1, 0.15) is 5.75 Å². The number of ether oxygens (including phenoxy) is 1. The molecular weight excluding hydrogens is 304 g/mol. The highest BCUT2D eigenvalue weighted by molar-refractivity contribution is 5.84. The van der Waals surface area contributed by atoms with Crippen LogP contribution in [0.3, 0.4) is 0 Å². The van der Waals surface area contributed by atoms with Crippen LogP contribution in [0.4, 0.5) is 0 Å². The molecule has 0 unspecified atom stereocenters. The van der Waals surface area contributed by atoms with Gasteiger partial charge in [0.15, 0.2) is 5.65 Å². The Morgan fingerprint density at radius 1 is 1.12 bits per heavy atom. The van der Waals surface area contributed by atoms with Gasteiger partial charge in [-0.25, -0.2) is 13.9 Å². The van der Waals surface area contributed by atoms with Crippen LogP contribution in [0.25, 0.3) is 16.6 Å². The van der Waals surface area contributed by atoms with Crippen molar-refractivity contribution in [3.8, 4) is 5.75 Å². The molecule has 3 heterocycles. The molecule has 0 saturated carbocycles. The van der Waals surface area contributed by atoms with Crippen LogP contribution in [0.2, 0.25) is 0 Å². The minimum Gasteiger partial charge on any atom is -0.497 e. The lowest BCUT2D eigenvalue weighted by atomic mass is 10.1. The first-order valence-corrected chi connectivity index (χ1v) is 7.63. The number of methoxy groups -OCH3 is 1. The van der Waals surface area contributed by atoms with Crippen LogP contribution in [-0.2, 0) is 6.54 Å². The third-order valence-electron chi connectivity index (χ3n) is 4.12. The summed E-state index contributed by atoms with van der Waals surface area (Å²) in [5.41, 5.74) is 3.27. The number of hydrogen-bond acceptors (Lipinski definition) is 4. The lowest BCUT2D eigenvalue weighted by molar-refractivity contribution is 0.415. The number of aryl methyl sites for hydroxylation is 1. The predicted molar refractivity (Wildman–Crippen MR) is 91.6 cm³/mol. The number of nitrogens with zero attached hydrogens (tertiary/aromatic N) is 4. The fraction of sp³-hybridized carbons (Fsp3) is 0.167. The Bertz CT molecular complexity index is 1100. The van der Waals surface area contributed by atoms with E-state index in [9.17, 15) is 4.79 Å². The molecule has 0 atom stereocenters. The lowest BCUT2D eigenvalue weighted by Crippen LogP contribution is -2.22. The molecule has 120 valence electrons. The number of benzene rings is 1. The molecule has 6 heteroatoms. The Hall–Kier alpha value is -3.15. The van der Waals surface area contributed by atoms with Crippen LogP contribution in [0.5, 0.6) is 5.75 Å². The second-order valence-electron chi connectivity index (χ2n) is 5.71. The zero-order valence-electron chi connectivity index (χ0n) is 13.4. The Kier molecular flexibility index (Phi) is 3.30. The van der Waals surface area contributed by atoms with Gasteiger partial charge >= 0.3 is 5.69 Å². The summed E-state index contributed by atoms with van der Waals surface area (Å²) in [5.74, 6) is 0.762. The second-order valence-corrected chi connectivity index (χ2v) is 5.71. The summed E-state index contributed by atoms with van der Waals surface area (Å²) in [6.07, 6.45) is 3.42. The van der Waals surface area contributed by atoms with Crippen LogP contribution in [-0.4, -0.2) is 26.3 Å². The van der Waals surface area contributed by atoms with Gasteiger partial charge in [-0.1, -0.05) is 0 Å². The van der Waals surface area contributed by atoms with E-state index in [1.165, 1.54) is 4.68 Å². The first-order chi connectivity index (χ1) is 11.7. The third-order valence-corrected chi connectivity index (χ3v) is 4.12. The summed E-state index contributed by atoms with van der Waals surface area (Å²) in [6.45, 7) is 2.37. The van der Waals surface area contributed by atoms with E-state index >= 15 is 0 Å². The summed E-state index contributed by atoms with van der Waals surface area (Å²) in [5, 5.41) is 5.46. The smallest absolute Gasteiger partial charge is 0.351 e. The second kappa shape index (κ2) is 5.49. The Balaban J connectivity index is 1.96. The molecule has 0 radical (unpaired) electrons. The fourth-order valence-corrected chi connectivity index (χ4v) is 2.92. The van der Waals surface area contributed by atoms with Crippen LogP contribution in [0.15, 0.2) is 53.6 Å². The molecule has 4 aromatic rings. The molecule has 0 fully saturated rings. The van der Waals surface area contributed by atoms with Crippen molar-refractivity contribution in [3.63, 3.8) is 0 Å². The molecule has 3 aromatic heterocycles. The fourth-order valence-electron chi connectivity index (χ4n) is 2.92. The number of pyridine rings is 2. The maximum Gasteiger partial charge on any atom is 0.351 e. The van der Waals surface area contributed by atoms with Crippen molar-refractivity contribution in [1.29, 1.82) is 0 Å². The molecule has 0 aliphatic rings. The van der Waals surface area contributed by atoms with E-state index in [1.807, 2.05) is 43.3 Å². The monoisotopic (exact) mass is 320 g/mol.